The maximum atomic E-state index is 13.2. The van der Waals surface area contributed by atoms with E-state index < -0.39 is 27.8 Å². The van der Waals surface area contributed by atoms with Gasteiger partial charge in [-0.05, 0) is 73.1 Å². The fourth-order valence-corrected chi connectivity index (χ4v) is 6.09. The van der Waals surface area contributed by atoms with Crippen molar-refractivity contribution in [3.63, 3.8) is 0 Å². The van der Waals surface area contributed by atoms with Gasteiger partial charge in [0.15, 0.2) is 9.84 Å². The van der Waals surface area contributed by atoms with Crippen LogP contribution in [0.3, 0.4) is 0 Å². The van der Waals surface area contributed by atoms with Gasteiger partial charge in [-0.3, -0.25) is 9.69 Å². The number of carbonyl (C=O) groups excluding carboxylic acids is 1. The van der Waals surface area contributed by atoms with Crippen LogP contribution in [0.15, 0.2) is 42.5 Å². The van der Waals surface area contributed by atoms with Crippen LogP contribution in [0.25, 0.3) is 11.1 Å². The van der Waals surface area contributed by atoms with Crippen LogP contribution in [-0.4, -0.2) is 72.4 Å². The van der Waals surface area contributed by atoms with Crippen molar-refractivity contribution in [1.82, 2.24) is 10.2 Å². The molecule has 0 bridgehead atoms. The number of likely N-dealkylation sites (tertiary alicyclic amines) is 1. The first-order valence-corrected chi connectivity index (χ1v) is 15.0. The number of rotatable bonds is 10. The summed E-state index contributed by atoms with van der Waals surface area (Å²) in [5, 5.41) is 11.9. The molecule has 2 aromatic carbocycles. The lowest BCUT2D eigenvalue weighted by Gasteiger charge is -2.22. The lowest BCUT2D eigenvalue weighted by molar-refractivity contribution is -0.139. The van der Waals surface area contributed by atoms with Crippen molar-refractivity contribution in [3.05, 3.63) is 59.2 Å². The Kier molecular flexibility index (Phi) is 9.01. The van der Waals surface area contributed by atoms with E-state index in [-0.39, 0.29) is 11.3 Å². The minimum atomic E-state index is -3.10. The van der Waals surface area contributed by atoms with Crippen LogP contribution in [0.4, 0.5) is 0 Å². The molecule has 0 aromatic heterocycles. The van der Waals surface area contributed by atoms with Crippen LogP contribution >= 0.6 is 11.8 Å². The molecule has 3 rings (SSSR count). The second-order valence-electron chi connectivity index (χ2n) is 9.31. The molecule has 0 aliphatic carbocycles. The van der Waals surface area contributed by atoms with Crippen molar-refractivity contribution in [2.24, 2.45) is 0 Å². The van der Waals surface area contributed by atoms with E-state index in [9.17, 15) is 23.1 Å². The quantitative estimate of drug-likeness (QED) is 0.495. The number of amides is 1. The van der Waals surface area contributed by atoms with E-state index in [1.165, 1.54) is 18.0 Å². The van der Waals surface area contributed by atoms with Gasteiger partial charge in [-0.1, -0.05) is 30.3 Å². The number of carboxylic acids is 1. The molecule has 1 amide bonds. The highest BCUT2D eigenvalue weighted by atomic mass is 32.2. The van der Waals surface area contributed by atoms with Gasteiger partial charge in [0.25, 0.3) is 5.91 Å². The Labute approximate surface area is 212 Å². The number of hydrogen-bond donors (Lipinski definition) is 2. The number of sulfone groups is 1. The minimum Gasteiger partial charge on any atom is -0.480 e. The Bertz CT molecular complexity index is 1180. The number of carbonyl (C=O) groups is 2. The molecule has 1 fully saturated rings. The summed E-state index contributed by atoms with van der Waals surface area (Å²) >= 11 is 1.53. The van der Waals surface area contributed by atoms with Crippen molar-refractivity contribution in [2.75, 3.05) is 24.8 Å². The summed E-state index contributed by atoms with van der Waals surface area (Å²) < 4.78 is 24.1. The Hall–Kier alpha value is -2.36. The van der Waals surface area contributed by atoms with Gasteiger partial charge < -0.3 is 10.4 Å². The van der Waals surface area contributed by atoms with Crippen LogP contribution in [0, 0.1) is 6.92 Å². The summed E-state index contributed by atoms with van der Waals surface area (Å²) in [5.74, 6) is -0.844. The zero-order valence-corrected chi connectivity index (χ0v) is 22.3. The number of hydrogen-bond acceptors (Lipinski definition) is 6. The van der Waals surface area contributed by atoms with E-state index in [0.29, 0.717) is 37.2 Å². The fraction of sp³-hybridized carbons (Fsp3) is 0.462. The molecule has 3 unspecified atom stereocenters. The standard InChI is InChI=1S/C26H34N2O5S2/c1-17-7-5-6-8-21(17)23-14-19(15-28-16-20(13-18(28)2)35(4,32)33)9-10-22(23)25(29)27-24(26(30)31)11-12-34-3/h5-10,14,18,20,24H,11-13,15-16H2,1-4H3,(H,27,29)(H,30,31). The third-order valence-corrected chi connectivity index (χ3v) is 8.83. The van der Waals surface area contributed by atoms with Crippen molar-refractivity contribution < 1.29 is 23.1 Å². The van der Waals surface area contributed by atoms with Gasteiger partial charge in [0, 0.05) is 31.0 Å². The van der Waals surface area contributed by atoms with Crippen LogP contribution in [0.1, 0.15) is 41.3 Å². The molecule has 35 heavy (non-hydrogen) atoms. The zero-order valence-electron chi connectivity index (χ0n) is 20.7. The number of aliphatic carboxylic acids is 1. The van der Waals surface area contributed by atoms with Crippen molar-refractivity contribution in [2.45, 2.75) is 50.6 Å². The van der Waals surface area contributed by atoms with E-state index in [0.717, 1.165) is 22.3 Å². The number of nitrogens with one attached hydrogen (secondary N) is 1. The maximum Gasteiger partial charge on any atom is 0.326 e. The van der Waals surface area contributed by atoms with Crippen molar-refractivity contribution in [1.29, 1.82) is 0 Å². The smallest absolute Gasteiger partial charge is 0.326 e. The normalized spacial score (nSPS) is 19.4. The second kappa shape index (κ2) is 11.6. The first-order valence-electron chi connectivity index (χ1n) is 11.7. The Morgan fingerprint density at radius 2 is 1.91 bits per heavy atom. The predicted octanol–water partition coefficient (Wildman–Crippen LogP) is 3.61. The van der Waals surface area contributed by atoms with Crippen LogP contribution in [0.2, 0.25) is 0 Å². The van der Waals surface area contributed by atoms with E-state index in [4.69, 9.17) is 0 Å². The fourth-order valence-electron chi connectivity index (χ4n) is 4.53. The lowest BCUT2D eigenvalue weighted by atomic mass is 9.93. The highest BCUT2D eigenvalue weighted by Gasteiger charge is 2.35. The third kappa shape index (κ3) is 6.86. The molecule has 2 N–H and O–H groups in total. The Morgan fingerprint density at radius 3 is 2.51 bits per heavy atom. The molecule has 0 radical (unpaired) electrons. The summed E-state index contributed by atoms with van der Waals surface area (Å²) in [6.45, 7) is 5.06. The highest BCUT2D eigenvalue weighted by molar-refractivity contribution is 7.98. The molecule has 1 aliphatic heterocycles. The first kappa shape index (κ1) is 27.2. The van der Waals surface area contributed by atoms with Gasteiger partial charge in [-0.2, -0.15) is 11.8 Å². The molecule has 1 saturated heterocycles. The summed E-state index contributed by atoms with van der Waals surface area (Å²) in [6, 6.07) is 12.5. The topological polar surface area (TPSA) is 104 Å². The van der Waals surface area contributed by atoms with E-state index in [1.807, 2.05) is 56.5 Å². The average Bonchev–Trinajstić information content (AvgIpc) is 3.17. The monoisotopic (exact) mass is 518 g/mol. The van der Waals surface area contributed by atoms with Gasteiger partial charge in [-0.25, -0.2) is 13.2 Å². The Balaban J connectivity index is 1.93. The molecular weight excluding hydrogens is 484 g/mol. The summed E-state index contributed by atoms with van der Waals surface area (Å²) in [5.41, 5.74) is 4.03. The van der Waals surface area contributed by atoms with Gasteiger partial charge >= 0.3 is 5.97 Å². The van der Waals surface area contributed by atoms with Gasteiger partial charge in [-0.15, -0.1) is 0 Å². The van der Waals surface area contributed by atoms with Crippen molar-refractivity contribution >= 4 is 33.5 Å². The molecule has 190 valence electrons. The van der Waals surface area contributed by atoms with Crippen LogP contribution < -0.4 is 5.32 Å². The first-order chi connectivity index (χ1) is 16.5. The lowest BCUT2D eigenvalue weighted by Crippen LogP contribution is -2.41. The van der Waals surface area contributed by atoms with Crippen LogP contribution in [0.5, 0.6) is 0 Å². The molecule has 2 aromatic rings. The summed E-state index contributed by atoms with van der Waals surface area (Å²) in [6.07, 6.45) is 4.14. The molecule has 3 atom stereocenters. The maximum absolute atomic E-state index is 13.2. The third-order valence-electron chi connectivity index (χ3n) is 6.63. The van der Waals surface area contributed by atoms with Gasteiger partial charge in [0.05, 0.1) is 5.25 Å². The molecule has 0 spiro atoms. The minimum absolute atomic E-state index is 0.132. The molecule has 1 heterocycles. The van der Waals surface area contributed by atoms with Gasteiger partial charge in [0.1, 0.15) is 6.04 Å². The van der Waals surface area contributed by atoms with E-state index >= 15 is 0 Å². The molecular formula is C26H34N2O5S2. The van der Waals surface area contributed by atoms with Crippen LogP contribution in [-0.2, 0) is 21.2 Å². The second-order valence-corrected chi connectivity index (χ2v) is 12.6. The zero-order chi connectivity index (χ0) is 25.8. The Morgan fingerprint density at radius 1 is 1.20 bits per heavy atom. The largest absolute Gasteiger partial charge is 0.480 e. The number of thioether (sulfide) groups is 1. The van der Waals surface area contributed by atoms with Crippen molar-refractivity contribution in [3.8, 4) is 11.1 Å². The average molecular weight is 519 g/mol. The van der Waals surface area contributed by atoms with E-state index in [2.05, 4.69) is 10.2 Å². The summed E-state index contributed by atoms with van der Waals surface area (Å²) in [4.78, 5) is 27.1. The molecule has 9 heteroatoms. The van der Waals surface area contributed by atoms with E-state index in [1.54, 1.807) is 6.07 Å². The molecule has 0 saturated carbocycles. The number of aryl methyl sites for hydroxylation is 1. The number of nitrogens with zero attached hydrogens (tertiary/aromatic N) is 1. The number of carboxylic acid groups (broad SMARTS) is 1. The van der Waals surface area contributed by atoms with Gasteiger partial charge in [0.2, 0.25) is 0 Å². The SMILES string of the molecule is CSCCC(NC(=O)c1ccc(CN2CC(S(C)(=O)=O)CC2C)cc1-c1ccccc1C)C(=O)O. The molecule has 7 nitrogen and oxygen atoms in total. The predicted molar refractivity (Wildman–Crippen MR) is 142 cm³/mol. The summed E-state index contributed by atoms with van der Waals surface area (Å²) in [7, 11) is -3.10. The number of benzene rings is 2. The molecule has 1 aliphatic rings. The highest BCUT2D eigenvalue weighted by Crippen LogP contribution is 2.30.